The van der Waals surface area contributed by atoms with E-state index in [0.717, 1.165) is 0 Å². The number of alkyl carbamates (subject to hydrolysis) is 1. The summed E-state index contributed by atoms with van der Waals surface area (Å²) in [4.78, 5) is 42.0. The molecule has 2 atom stereocenters. The first-order chi connectivity index (χ1) is 18.5. The number of sulfonamides is 1. The largest absolute Gasteiger partial charge is 0.449 e. The monoisotopic (exact) mass is 582 g/mol. The van der Waals surface area contributed by atoms with Gasteiger partial charge in [0.2, 0.25) is 5.91 Å². The molecule has 0 radical (unpaired) electrons. The molecule has 0 spiro atoms. The van der Waals surface area contributed by atoms with Crippen molar-refractivity contribution >= 4 is 33.8 Å². The zero-order valence-corrected chi connectivity index (χ0v) is 25.1. The Labute approximate surface area is 236 Å². The van der Waals surface area contributed by atoms with Crippen molar-refractivity contribution in [2.24, 2.45) is 10.5 Å². The molecule has 1 saturated heterocycles. The van der Waals surface area contributed by atoms with E-state index in [1.54, 1.807) is 39.8 Å². The van der Waals surface area contributed by atoms with Gasteiger partial charge in [-0.2, -0.15) is 9.41 Å². The quantitative estimate of drug-likeness (QED) is 0.393. The molecule has 1 aromatic heterocycles. The van der Waals surface area contributed by atoms with E-state index in [-0.39, 0.29) is 35.8 Å². The normalized spacial score (nSPS) is 18.8. The van der Waals surface area contributed by atoms with Gasteiger partial charge in [0.15, 0.2) is 5.03 Å². The molecular weight excluding hydrogens is 540 g/mol. The van der Waals surface area contributed by atoms with Crippen LogP contribution in [0.2, 0.25) is 0 Å². The molecule has 0 saturated carbocycles. The third-order valence-electron chi connectivity index (χ3n) is 5.59. The molecule has 224 valence electrons. The molecule has 1 fully saturated rings. The fourth-order valence-electron chi connectivity index (χ4n) is 3.94. The van der Waals surface area contributed by atoms with Crippen LogP contribution in [-0.2, 0) is 24.3 Å². The summed E-state index contributed by atoms with van der Waals surface area (Å²) in [5, 5.41) is 9.56. The molecule has 1 unspecified atom stereocenters. The number of carbonyl (C=O) groups is 3. The Bertz CT molecular complexity index is 1160. The van der Waals surface area contributed by atoms with E-state index in [1.165, 1.54) is 16.6 Å². The second-order valence-electron chi connectivity index (χ2n) is 11.6. The summed E-state index contributed by atoms with van der Waals surface area (Å²) in [7, 11) is -3.98. The molecule has 0 bridgehead atoms. The van der Waals surface area contributed by atoms with Gasteiger partial charge >= 0.3 is 12.2 Å². The van der Waals surface area contributed by atoms with Crippen LogP contribution in [0, 0.1) is 5.41 Å². The summed E-state index contributed by atoms with van der Waals surface area (Å²) >= 11 is 0. The van der Waals surface area contributed by atoms with Crippen LogP contribution in [0.1, 0.15) is 67.7 Å². The lowest BCUT2D eigenvalue weighted by atomic mass is 9.87. The van der Waals surface area contributed by atoms with E-state index in [2.05, 4.69) is 26.1 Å². The summed E-state index contributed by atoms with van der Waals surface area (Å²) in [5.74, 6) is -0.490. The summed E-state index contributed by atoms with van der Waals surface area (Å²) in [6.45, 7) is 12.7. The van der Waals surface area contributed by atoms with Crippen molar-refractivity contribution in [3.8, 4) is 0 Å². The molecule has 3 N–H and O–H groups in total. The molecule has 3 amide bonds. The van der Waals surface area contributed by atoms with Gasteiger partial charge in [0.1, 0.15) is 11.6 Å². The maximum absolute atomic E-state index is 13.5. The predicted octanol–water partition coefficient (Wildman–Crippen LogP) is 2.78. The van der Waals surface area contributed by atoms with Crippen molar-refractivity contribution in [3.05, 3.63) is 24.4 Å². The molecule has 0 aromatic carbocycles. The van der Waals surface area contributed by atoms with Crippen molar-refractivity contribution in [1.29, 1.82) is 0 Å². The van der Waals surface area contributed by atoms with E-state index >= 15 is 0 Å². The topological polar surface area (TPSA) is 168 Å². The first kappa shape index (κ1) is 32.9. The highest BCUT2D eigenvalue weighted by atomic mass is 32.2. The van der Waals surface area contributed by atoms with Crippen molar-refractivity contribution in [2.45, 2.75) is 90.4 Å². The van der Waals surface area contributed by atoms with E-state index < -0.39 is 45.8 Å². The molecule has 1 aliphatic heterocycles. The Morgan fingerprint density at radius 1 is 1.15 bits per heavy atom. The van der Waals surface area contributed by atoms with Crippen molar-refractivity contribution in [1.82, 2.24) is 25.3 Å². The van der Waals surface area contributed by atoms with Crippen LogP contribution in [0.3, 0.4) is 0 Å². The number of ether oxygens (including phenoxy) is 2. The average Bonchev–Trinajstić information content (AvgIpc) is 3.03. The van der Waals surface area contributed by atoms with Crippen LogP contribution in [-0.4, -0.2) is 78.9 Å². The number of amides is 3. The third kappa shape index (κ3) is 10.7. The third-order valence-corrected chi connectivity index (χ3v) is 7.35. The number of aromatic nitrogens is 1. The van der Waals surface area contributed by atoms with Crippen LogP contribution in [0.25, 0.3) is 0 Å². The number of hydrazone groups is 1. The molecule has 1 aromatic rings. The van der Waals surface area contributed by atoms with Crippen LogP contribution >= 0.6 is 0 Å². The lowest BCUT2D eigenvalue weighted by Gasteiger charge is -2.29. The van der Waals surface area contributed by atoms with Crippen molar-refractivity contribution in [2.75, 3.05) is 19.7 Å². The Balaban J connectivity index is 2.34. The molecule has 14 heteroatoms. The minimum atomic E-state index is -3.98. The smallest absolute Gasteiger partial charge is 0.427 e. The van der Waals surface area contributed by atoms with Gasteiger partial charge in [0, 0.05) is 12.7 Å². The summed E-state index contributed by atoms with van der Waals surface area (Å²) < 4.78 is 38.0. The highest BCUT2D eigenvalue weighted by molar-refractivity contribution is 7.89. The Kier molecular flexibility index (Phi) is 11.4. The zero-order valence-electron chi connectivity index (χ0n) is 24.3. The van der Waals surface area contributed by atoms with Crippen LogP contribution in [0.5, 0.6) is 0 Å². The molecule has 1 aliphatic rings. The predicted molar refractivity (Wildman–Crippen MR) is 149 cm³/mol. The van der Waals surface area contributed by atoms with Gasteiger partial charge in [0.05, 0.1) is 24.9 Å². The first-order valence-electron chi connectivity index (χ1n) is 13.2. The van der Waals surface area contributed by atoms with Gasteiger partial charge in [-0.05, 0) is 64.5 Å². The van der Waals surface area contributed by atoms with Gasteiger partial charge in [-0.3, -0.25) is 4.79 Å². The standard InChI is InChI=1S/C26H42N6O7S/c1-8-38-24(35)31-30-20-17-32(40(36,37)21-13-9-10-14-27-21)15-11-12-18(20)28-22(33)19(16-25(2,3)4)29-23(34)39-26(5,6)7/h9-10,13-14,18-19H,8,11-12,15-17H2,1-7H3,(H,28,33)(H,29,34)(H,31,35)/b30-20-/t18?,19-/m0/s1. The second kappa shape index (κ2) is 13.9. The Morgan fingerprint density at radius 3 is 2.42 bits per heavy atom. The van der Waals surface area contributed by atoms with Gasteiger partial charge in [-0.15, -0.1) is 0 Å². The Morgan fingerprint density at radius 2 is 1.85 bits per heavy atom. The Hall–Kier alpha value is -3.26. The van der Waals surface area contributed by atoms with Gasteiger partial charge in [0.25, 0.3) is 10.0 Å². The molecule has 0 aliphatic carbocycles. The zero-order chi connectivity index (χ0) is 30.1. The average molecular weight is 583 g/mol. The van der Waals surface area contributed by atoms with Crippen molar-refractivity contribution < 1.29 is 32.3 Å². The van der Waals surface area contributed by atoms with Crippen LogP contribution < -0.4 is 16.1 Å². The highest BCUT2D eigenvalue weighted by Gasteiger charge is 2.35. The fourth-order valence-corrected chi connectivity index (χ4v) is 5.32. The molecule has 2 rings (SSSR count). The van der Waals surface area contributed by atoms with Gasteiger partial charge < -0.3 is 20.1 Å². The highest BCUT2D eigenvalue weighted by Crippen LogP contribution is 2.23. The SMILES string of the molecule is CCOC(=O)N/N=C1/CN(S(=O)(=O)c2ccccn2)CCCC1NC(=O)[C@H](CC(C)(C)C)NC(=O)OC(C)(C)C. The number of hydrogen-bond donors (Lipinski definition) is 3. The number of nitrogens with one attached hydrogen (secondary N) is 3. The first-order valence-corrected chi connectivity index (χ1v) is 14.7. The number of hydrogen-bond acceptors (Lipinski definition) is 9. The summed E-state index contributed by atoms with van der Waals surface area (Å²) in [6.07, 6.45) is 0.858. The van der Waals surface area contributed by atoms with Crippen molar-refractivity contribution in [3.63, 3.8) is 0 Å². The van der Waals surface area contributed by atoms with Crippen LogP contribution in [0.15, 0.2) is 34.5 Å². The summed E-state index contributed by atoms with van der Waals surface area (Å²) in [6, 6.07) is 2.91. The van der Waals surface area contributed by atoms with Gasteiger partial charge in [-0.1, -0.05) is 26.8 Å². The van der Waals surface area contributed by atoms with Gasteiger partial charge in [-0.25, -0.2) is 28.4 Å². The fraction of sp³-hybridized carbons (Fsp3) is 0.654. The summed E-state index contributed by atoms with van der Waals surface area (Å²) in [5.41, 5.74) is 1.39. The lowest BCUT2D eigenvalue weighted by Crippen LogP contribution is -2.54. The maximum atomic E-state index is 13.5. The number of carbonyl (C=O) groups excluding carboxylic acids is 3. The minimum absolute atomic E-state index is 0.113. The van der Waals surface area contributed by atoms with E-state index in [0.29, 0.717) is 19.3 Å². The van der Waals surface area contributed by atoms with E-state index in [4.69, 9.17) is 9.47 Å². The molecule has 13 nitrogen and oxygen atoms in total. The lowest BCUT2D eigenvalue weighted by molar-refractivity contribution is -0.124. The molecular formula is C26H42N6O7S. The maximum Gasteiger partial charge on any atom is 0.427 e. The molecule has 2 heterocycles. The minimum Gasteiger partial charge on any atom is -0.449 e. The van der Waals surface area contributed by atoms with E-state index in [1.807, 2.05) is 20.8 Å². The molecule has 40 heavy (non-hydrogen) atoms. The van der Waals surface area contributed by atoms with Crippen LogP contribution in [0.4, 0.5) is 9.59 Å². The second-order valence-corrected chi connectivity index (χ2v) is 13.5. The number of pyridine rings is 1. The number of nitrogens with zero attached hydrogens (tertiary/aromatic N) is 3. The van der Waals surface area contributed by atoms with E-state index in [9.17, 15) is 22.8 Å². The number of rotatable bonds is 8.